The van der Waals surface area contributed by atoms with Gasteiger partial charge in [-0.05, 0) is 43.7 Å². The number of hydrogen-bond donors (Lipinski definition) is 3. The van der Waals surface area contributed by atoms with Gasteiger partial charge in [-0.3, -0.25) is 14.4 Å². The lowest BCUT2D eigenvalue weighted by atomic mass is 10.1. The molecule has 1 atom stereocenters. The molecule has 0 radical (unpaired) electrons. The molecule has 1 aromatic heterocycles. The van der Waals surface area contributed by atoms with Crippen LogP contribution in [0.2, 0.25) is 0 Å². The van der Waals surface area contributed by atoms with Crippen LogP contribution in [0.15, 0.2) is 63.8 Å². The number of amides is 2. The average Bonchev–Trinajstić information content (AvgIpc) is 2.92. The number of nitrogens with one attached hydrogen (secondary N) is 2. The maximum Gasteiger partial charge on any atom is 0.256 e. The Bertz CT molecular complexity index is 1630. The average molecular weight is 532 g/mol. The van der Waals surface area contributed by atoms with Crippen LogP contribution in [0.1, 0.15) is 22.8 Å². The summed E-state index contributed by atoms with van der Waals surface area (Å²) in [4.78, 5) is 38.2. The largest absolute Gasteiger partial charge is 0.493 e. The SMILES string of the molecule is COc1cc2oc(-c3cccc(NC(=O)c4cc(NC(=O)[C@H](C)N)ccc4C)c3)cc(=O)c2c(OC)c1OC. The van der Waals surface area contributed by atoms with Gasteiger partial charge in [0.05, 0.1) is 27.4 Å². The topological polar surface area (TPSA) is 142 Å². The standard InChI is InChI=1S/C29H29N3O7/c1-15-9-10-19(31-28(34)16(2)30)12-20(15)29(35)32-18-8-6-7-17(11-18)22-13-21(33)25-23(39-22)14-24(36-3)26(37-4)27(25)38-5/h6-14,16H,30H2,1-5H3,(H,31,34)(H,32,35)/t16-/m0/s1. The van der Waals surface area contributed by atoms with Crippen LogP contribution in [0.3, 0.4) is 0 Å². The fraction of sp³-hybridized carbons (Fsp3) is 0.207. The molecule has 2 amide bonds. The Morgan fingerprint density at radius 1 is 0.897 bits per heavy atom. The van der Waals surface area contributed by atoms with Crippen LogP contribution in [0, 0.1) is 6.92 Å². The van der Waals surface area contributed by atoms with Gasteiger partial charge in [0, 0.05) is 34.6 Å². The van der Waals surface area contributed by atoms with Crippen molar-refractivity contribution >= 4 is 34.2 Å². The molecule has 202 valence electrons. The molecular weight excluding hydrogens is 502 g/mol. The Hall–Kier alpha value is -4.83. The summed E-state index contributed by atoms with van der Waals surface area (Å²) in [7, 11) is 4.36. The molecule has 0 aliphatic carbocycles. The van der Waals surface area contributed by atoms with E-state index in [1.54, 1.807) is 62.4 Å². The maximum atomic E-state index is 13.1. The number of nitrogens with two attached hydrogens (primary N) is 1. The fourth-order valence-electron chi connectivity index (χ4n) is 4.08. The zero-order chi connectivity index (χ0) is 28.3. The van der Waals surface area contributed by atoms with Crippen LogP contribution in [0.25, 0.3) is 22.3 Å². The molecule has 0 spiro atoms. The van der Waals surface area contributed by atoms with Gasteiger partial charge in [-0.15, -0.1) is 0 Å². The molecule has 10 heteroatoms. The van der Waals surface area contributed by atoms with Crippen molar-refractivity contribution in [1.29, 1.82) is 0 Å². The number of anilines is 2. The van der Waals surface area contributed by atoms with E-state index >= 15 is 0 Å². The maximum absolute atomic E-state index is 13.1. The summed E-state index contributed by atoms with van der Waals surface area (Å²) in [5.74, 6) is 0.399. The van der Waals surface area contributed by atoms with Gasteiger partial charge in [-0.2, -0.15) is 0 Å². The van der Waals surface area contributed by atoms with E-state index < -0.39 is 6.04 Å². The summed E-state index contributed by atoms with van der Waals surface area (Å²) in [6.45, 7) is 3.37. The molecule has 4 N–H and O–H groups in total. The number of rotatable bonds is 8. The molecular formula is C29H29N3O7. The van der Waals surface area contributed by atoms with E-state index in [0.29, 0.717) is 28.3 Å². The van der Waals surface area contributed by atoms with Crippen molar-refractivity contribution < 1.29 is 28.2 Å². The molecule has 0 aliphatic rings. The van der Waals surface area contributed by atoms with Crippen molar-refractivity contribution in [2.24, 2.45) is 5.73 Å². The summed E-state index contributed by atoms with van der Waals surface area (Å²) >= 11 is 0. The lowest BCUT2D eigenvalue weighted by Crippen LogP contribution is -2.32. The Kier molecular flexibility index (Phi) is 7.87. The third-order valence-electron chi connectivity index (χ3n) is 6.09. The summed E-state index contributed by atoms with van der Waals surface area (Å²) in [5, 5.41) is 5.77. The summed E-state index contributed by atoms with van der Waals surface area (Å²) < 4.78 is 22.3. The molecule has 0 bridgehead atoms. The van der Waals surface area contributed by atoms with Gasteiger partial charge in [0.1, 0.15) is 16.7 Å². The van der Waals surface area contributed by atoms with E-state index in [1.165, 1.54) is 27.4 Å². The molecule has 1 heterocycles. The Morgan fingerprint density at radius 3 is 2.28 bits per heavy atom. The summed E-state index contributed by atoms with van der Waals surface area (Å²) in [6.07, 6.45) is 0. The van der Waals surface area contributed by atoms with E-state index in [4.69, 9.17) is 24.4 Å². The highest BCUT2D eigenvalue weighted by Crippen LogP contribution is 2.42. The van der Waals surface area contributed by atoms with E-state index in [0.717, 1.165) is 5.56 Å². The van der Waals surface area contributed by atoms with E-state index in [1.807, 2.05) is 0 Å². The highest BCUT2D eigenvalue weighted by atomic mass is 16.5. The van der Waals surface area contributed by atoms with Crippen molar-refractivity contribution in [1.82, 2.24) is 0 Å². The van der Waals surface area contributed by atoms with Gasteiger partial charge < -0.3 is 35.0 Å². The second-order valence-electron chi connectivity index (χ2n) is 8.84. The number of carbonyl (C=O) groups excluding carboxylic acids is 2. The van der Waals surface area contributed by atoms with Gasteiger partial charge in [-0.25, -0.2) is 0 Å². The fourth-order valence-corrected chi connectivity index (χ4v) is 4.08. The monoisotopic (exact) mass is 531 g/mol. The molecule has 0 aliphatic heterocycles. The Balaban J connectivity index is 1.67. The molecule has 3 aromatic carbocycles. The van der Waals surface area contributed by atoms with E-state index in [2.05, 4.69) is 10.6 Å². The van der Waals surface area contributed by atoms with Crippen LogP contribution in [0.4, 0.5) is 11.4 Å². The Morgan fingerprint density at radius 2 is 1.62 bits per heavy atom. The van der Waals surface area contributed by atoms with Crippen molar-refractivity contribution in [2.75, 3.05) is 32.0 Å². The minimum absolute atomic E-state index is 0.211. The lowest BCUT2D eigenvalue weighted by Gasteiger charge is -2.14. The number of methoxy groups -OCH3 is 3. The number of benzene rings is 3. The van der Waals surface area contributed by atoms with Gasteiger partial charge in [0.25, 0.3) is 5.91 Å². The van der Waals surface area contributed by atoms with Gasteiger partial charge >= 0.3 is 0 Å². The minimum atomic E-state index is -0.689. The highest BCUT2D eigenvalue weighted by Gasteiger charge is 2.21. The van der Waals surface area contributed by atoms with Crippen molar-refractivity contribution in [3.05, 3.63) is 75.9 Å². The smallest absolute Gasteiger partial charge is 0.256 e. The third kappa shape index (κ3) is 5.55. The first-order valence-corrected chi connectivity index (χ1v) is 12.0. The molecule has 0 saturated carbocycles. The third-order valence-corrected chi connectivity index (χ3v) is 6.09. The number of ether oxygens (including phenoxy) is 3. The van der Waals surface area contributed by atoms with E-state index in [-0.39, 0.29) is 45.5 Å². The normalized spacial score (nSPS) is 11.5. The van der Waals surface area contributed by atoms with Crippen LogP contribution < -0.4 is 36.0 Å². The van der Waals surface area contributed by atoms with Gasteiger partial charge in [0.2, 0.25) is 11.7 Å². The second kappa shape index (κ2) is 11.3. The van der Waals surface area contributed by atoms with Crippen LogP contribution >= 0.6 is 0 Å². The molecule has 4 aromatic rings. The van der Waals surface area contributed by atoms with Gasteiger partial charge in [0.15, 0.2) is 16.9 Å². The lowest BCUT2D eigenvalue weighted by molar-refractivity contribution is -0.117. The summed E-state index contributed by atoms with van der Waals surface area (Å²) in [6, 6.07) is 14.2. The first-order valence-electron chi connectivity index (χ1n) is 12.0. The zero-order valence-electron chi connectivity index (χ0n) is 22.2. The number of fused-ring (bicyclic) bond motifs is 1. The first kappa shape index (κ1) is 27.2. The molecule has 10 nitrogen and oxygen atoms in total. The minimum Gasteiger partial charge on any atom is -0.493 e. The van der Waals surface area contributed by atoms with Crippen molar-refractivity contribution in [2.45, 2.75) is 19.9 Å². The number of carbonyl (C=O) groups is 2. The second-order valence-corrected chi connectivity index (χ2v) is 8.84. The zero-order valence-corrected chi connectivity index (χ0v) is 22.2. The number of hydrogen-bond acceptors (Lipinski definition) is 8. The predicted octanol–water partition coefficient (Wildman–Crippen LogP) is 4.33. The van der Waals surface area contributed by atoms with E-state index in [9.17, 15) is 14.4 Å². The molecule has 0 fully saturated rings. The predicted molar refractivity (Wildman–Crippen MR) is 149 cm³/mol. The summed E-state index contributed by atoms with van der Waals surface area (Å²) in [5.41, 5.74) is 8.15. The van der Waals surface area contributed by atoms with Crippen LogP contribution in [-0.4, -0.2) is 39.2 Å². The highest BCUT2D eigenvalue weighted by molar-refractivity contribution is 6.06. The van der Waals surface area contributed by atoms with Crippen molar-refractivity contribution in [3.8, 4) is 28.6 Å². The van der Waals surface area contributed by atoms with Crippen LogP contribution in [0.5, 0.6) is 17.2 Å². The quantitative estimate of drug-likeness (QED) is 0.305. The molecule has 39 heavy (non-hydrogen) atoms. The molecule has 4 rings (SSSR count). The molecule has 0 saturated heterocycles. The number of aryl methyl sites for hydroxylation is 1. The molecule has 0 unspecified atom stereocenters. The van der Waals surface area contributed by atoms with Crippen LogP contribution in [-0.2, 0) is 4.79 Å². The first-order chi connectivity index (χ1) is 18.7. The van der Waals surface area contributed by atoms with Gasteiger partial charge in [-0.1, -0.05) is 18.2 Å². The Labute approximate surface area is 224 Å². The van der Waals surface area contributed by atoms with Crippen molar-refractivity contribution in [3.63, 3.8) is 0 Å².